The zero-order valence-electron chi connectivity index (χ0n) is 10.4. The first kappa shape index (κ1) is 11.1. The smallest absolute Gasteiger partial charge is 0.119 e. The fraction of sp³-hybridized carbons (Fsp3) is 0.600. The molecule has 3 rings (SSSR count). The summed E-state index contributed by atoms with van der Waals surface area (Å²) in [6.45, 7) is 3.85. The highest BCUT2D eigenvalue weighted by molar-refractivity contribution is 5.40. The minimum absolute atomic E-state index is 0.502. The van der Waals surface area contributed by atoms with Crippen molar-refractivity contribution in [3.05, 3.63) is 29.3 Å². The summed E-state index contributed by atoms with van der Waals surface area (Å²) >= 11 is 0. The van der Waals surface area contributed by atoms with E-state index in [-0.39, 0.29) is 0 Å². The van der Waals surface area contributed by atoms with Gasteiger partial charge in [0.25, 0.3) is 0 Å². The molecule has 92 valence electrons. The third kappa shape index (κ3) is 2.32. The average molecular weight is 231 g/mol. The van der Waals surface area contributed by atoms with E-state index in [0.717, 1.165) is 18.8 Å². The van der Waals surface area contributed by atoms with Gasteiger partial charge in [-0.3, -0.25) is 0 Å². The Labute approximate surface area is 103 Å². The molecule has 2 heteroatoms. The van der Waals surface area contributed by atoms with E-state index in [4.69, 9.17) is 0 Å². The zero-order chi connectivity index (χ0) is 11.7. The highest BCUT2D eigenvalue weighted by atomic mass is 16.3. The molecule has 0 saturated carbocycles. The Morgan fingerprint density at radius 3 is 2.88 bits per heavy atom. The predicted molar refractivity (Wildman–Crippen MR) is 69.3 cm³/mol. The molecule has 1 heterocycles. The molecule has 0 aromatic heterocycles. The van der Waals surface area contributed by atoms with Gasteiger partial charge in [0.1, 0.15) is 5.75 Å². The Bertz CT molecular complexity index is 396. The van der Waals surface area contributed by atoms with Crippen LogP contribution in [0, 0.1) is 5.92 Å². The maximum absolute atomic E-state index is 9.82. The molecule has 1 unspecified atom stereocenters. The summed E-state index contributed by atoms with van der Waals surface area (Å²) in [4.78, 5) is 2.61. The number of phenolic OH excluding ortho intramolecular Hbond substituents is 1. The predicted octanol–water partition coefficient (Wildman–Crippen LogP) is 2.59. The number of hydrogen-bond donors (Lipinski definition) is 1. The van der Waals surface area contributed by atoms with Gasteiger partial charge in [0.05, 0.1) is 0 Å². The second-order valence-corrected chi connectivity index (χ2v) is 5.53. The number of nitrogens with zero attached hydrogens (tertiary/aromatic N) is 1. The van der Waals surface area contributed by atoms with Gasteiger partial charge >= 0.3 is 0 Å². The molecule has 2 aliphatic rings. The second-order valence-electron chi connectivity index (χ2n) is 5.53. The molecule has 0 amide bonds. The van der Waals surface area contributed by atoms with Crippen LogP contribution in [0.5, 0.6) is 5.75 Å². The lowest BCUT2D eigenvalue weighted by Gasteiger charge is -2.28. The Kier molecular flexibility index (Phi) is 3.06. The van der Waals surface area contributed by atoms with Crippen LogP contribution in [0.1, 0.15) is 30.4 Å². The van der Waals surface area contributed by atoms with Crippen LogP contribution < -0.4 is 0 Å². The summed E-state index contributed by atoms with van der Waals surface area (Å²) in [7, 11) is 0. The molecule has 1 aliphatic carbocycles. The summed E-state index contributed by atoms with van der Waals surface area (Å²) in [5.41, 5.74) is 2.57. The highest BCUT2D eigenvalue weighted by Crippen LogP contribution is 2.32. The summed E-state index contributed by atoms with van der Waals surface area (Å²) in [5, 5.41) is 9.82. The molecule has 0 spiro atoms. The largest absolute Gasteiger partial charge is 0.508 e. The molecular formula is C15H21NO. The standard InChI is InChI=1S/C15H21NO/c17-15-5-3-4-13-10-12(6-7-14(13)15)11-16-8-1-2-9-16/h3-5,12,17H,1-2,6-11H2. The van der Waals surface area contributed by atoms with Crippen LogP contribution in [0.15, 0.2) is 18.2 Å². The second kappa shape index (κ2) is 4.69. The quantitative estimate of drug-likeness (QED) is 0.845. The van der Waals surface area contributed by atoms with Gasteiger partial charge in [0, 0.05) is 6.54 Å². The Morgan fingerprint density at radius 1 is 1.24 bits per heavy atom. The van der Waals surface area contributed by atoms with Crippen LogP contribution >= 0.6 is 0 Å². The lowest BCUT2D eigenvalue weighted by atomic mass is 9.83. The molecule has 17 heavy (non-hydrogen) atoms. The van der Waals surface area contributed by atoms with E-state index < -0.39 is 0 Å². The van der Waals surface area contributed by atoms with Gasteiger partial charge in [-0.05, 0) is 68.3 Å². The van der Waals surface area contributed by atoms with Crippen LogP contribution in [-0.4, -0.2) is 29.6 Å². The van der Waals surface area contributed by atoms with E-state index in [1.54, 1.807) is 0 Å². The molecule has 1 saturated heterocycles. The minimum Gasteiger partial charge on any atom is -0.508 e. The Balaban J connectivity index is 1.68. The van der Waals surface area contributed by atoms with Crippen molar-refractivity contribution in [1.82, 2.24) is 4.90 Å². The first-order valence-electron chi connectivity index (χ1n) is 6.85. The fourth-order valence-corrected chi connectivity index (χ4v) is 3.35. The van der Waals surface area contributed by atoms with Gasteiger partial charge in [-0.2, -0.15) is 0 Å². The van der Waals surface area contributed by atoms with Crippen LogP contribution in [0.3, 0.4) is 0 Å². The van der Waals surface area contributed by atoms with Crippen LogP contribution in [0.2, 0.25) is 0 Å². The Morgan fingerprint density at radius 2 is 2.06 bits per heavy atom. The maximum atomic E-state index is 9.82. The van der Waals surface area contributed by atoms with Gasteiger partial charge in [-0.25, -0.2) is 0 Å². The van der Waals surface area contributed by atoms with Crippen molar-refractivity contribution < 1.29 is 5.11 Å². The molecule has 1 N–H and O–H groups in total. The molecule has 0 radical (unpaired) electrons. The number of fused-ring (bicyclic) bond motifs is 1. The lowest BCUT2D eigenvalue weighted by Crippen LogP contribution is -2.30. The molecule has 0 bridgehead atoms. The molecular weight excluding hydrogens is 210 g/mol. The van der Waals surface area contributed by atoms with E-state index >= 15 is 0 Å². The minimum atomic E-state index is 0.502. The molecule has 1 aromatic carbocycles. The van der Waals surface area contributed by atoms with Crippen LogP contribution in [0.25, 0.3) is 0 Å². The number of hydrogen-bond acceptors (Lipinski definition) is 2. The normalized spacial score (nSPS) is 24.8. The summed E-state index contributed by atoms with van der Waals surface area (Å²) in [5.74, 6) is 1.30. The van der Waals surface area contributed by atoms with E-state index in [0.29, 0.717) is 5.75 Å². The van der Waals surface area contributed by atoms with E-state index in [2.05, 4.69) is 11.0 Å². The summed E-state index contributed by atoms with van der Waals surface area (Å²) in [6.07, 6.45) is 6.20. The molecule has 1 aromatic rings. The van der Waals surface area contributed by atoms with Gasteiger partial charge in [0.15, 0.2) is 0 Å². The summed E-state index contributed by atoms with van der Waals surface area (Å²) in [6, 6.07) is 5.98. The molecule has 1 aliphatic heterocycles. The van der Waals surface area contributed by atoms with Gasteiger partial charge in [0.2, 0.25) is 0 Å². The molecule has 2 nitrogen and oxygen atoms in total. The first-order chi connectivity index (χ1) is 8.33. The van der Waals surface area contributed by atoms with E-state index in [9.17, 15) is 5.11 Å². The number of rotatable bonds is 2. The average Bonchev–Trinajstić information content (AvgIpc) is 2.82. The van der Waals surface area contributed by atoms with E-state index in [1.165, 1.54) is 50.0 Å². The molecule has 1 fully saturated rings. The SMILES string of the molecule is Oc1cccc2c1CCC(CN1CCCC1)C2. The van der Waals surface area contributed by atoms with Crippen molar-refractivity contribution in [3.63, 3.8) is 0 Å². The zero-order valence-corrected chi connectivity index (χ0v) is 10.4. The van der Waals surface area contributed by atoms with Gasteiger partial charge < -0.3 is 10.0 Å². The third-order valence-corrected chi connectivity index (χ3v) is 4.27. The van der Waals surface area contributed by atoms with Crippen molar-refractivity contribution in [3.8, 4) is 5.75 Å². The highest BCUT2D eigenvalue weighted by Gasteiger charge is 2.23. The van der Waals surface area contributed by atoms with Gasteiger partial charge in [-0.1, -0.05) is 12.1 Å². The van der Waals surface area contributed by atoms with Crippen LogP contribution in [-0.2, 0) is 12.8 Å². The third-order valence-electron chi connectivity index (χ3n) is 4.27. The summed E-state index contributed by atoms with van der Waals surface area (Å²) < 4.78 is 0. The van der Waals surface area contributed by atoms with Crippen molar-refractivity contribution in [1.29, 1.82) is 0 Å². The van der Waals surface area contributed by atoms with Gasteiger partial charge in [-0.15, -0.1) is 0 Å². The maximum Gasteiger partial charge on any atom is 0.119 e. The fourth-order valence-electron chi connectivity index (χ4n) is 3.35. The van der Waals surface area contributed by atoms with Crippen molar-refractivity contribution in [2.24, 2.45) is 5.92 Å². The van der Waals surface area contributed by atoms with Crippen molar-refractivity contribution in [2.45, 2.75) is 32.1 Å². The number of likely N-dealkylation sites (tertiary alicyclic amines) is 1. The van der Waals surface area contributed by atoms with E-state index in [1.807, 2.05) is 12.1 Å². The van der Waals surface area contributed by atoms with Crippen molar-refractivity contribution >= 4 is 0 Å². The monoisotopic (exact) mass is 231 g/mol. The first-order valence-corrected chi connectivity index (χ1v) is 6.85. The number of aromatic hydroxyl groups is 1. The number of benzene rings is 1. The lowest BCUT2D eigenvalue weighted by molar-refractivity contribution is 0.261. The van der Waals surface area contributed by atoms with Crippen LogP contribution in [0.4, 0.5) is 0 Å². The van der Waals surface area contributed by atoms with Crippen molar-refractivity contribution in [2.75, 3.05) is 19.6 Å². The topological polar surface area (TPSA) is 23.5 Å². The number of phenols is 1. The Hall–Kier alpha value is -1.02. The molecule has 1 atom stereocenters.